The minimum atomic E-state index is 0.302. The van der Waals surface area contributed by atoms with Crippen molar-refractivity contribution in [2.45, 2.75) is 13.0 Å². The minimum Gasteiger partial charge on any atom is -0.497 e. The van der Waals surface area contributed by atoms with Crippen LogP contribution in [0.3, 0.4) is 0 Å². The van der Waals surface area contributed by atoms with Crippen LogP contribution < -0.4 is 10.1 Å². The molecule has 1 atom stereocenters. The van der Waals surface area contributed by atoms with Crippen LogP contribution in [0.5, 0.6) is 5.75 Å². The largest absolute Gasteiger partial charge is 0.497 e. The molecule has 3 heteroatoms. The van der Waals surface area contributed by atoms with Crippen LogP contribution in [-0.2, 0) is 0 Å². The summed E-state index contributed by atoms with van der Waals surface area (Å²) in [6.07, 6.45) is 3.78. The Kier molecular flexibility index (Phi) is 3.95. The third-order valence-corrected chi connectivity index (χ3v) is 3.12. The van der Waals surface area contributed by atoms with E-state index in [1.807, 2.05) is 43.7 Å². The summed E-state index contributed by atoms with van der Waals surface area (Å²) < 4.78 is 5.16. The molecular formula is C15H18N2O. The molecule has 1 N–H and O–H groups in total. The maximum atomic E-state index is 5.16. The van der Waals surface area contributed by atoms with E-state index in [4.69, 9.17) is 4.74 Å². The predicted molar refractivity (Wildman–Crippen MR) is 73.7 cm³/mol. The fourth-order valence-electron chi connectivity index (χ4n) is 1.80. The van der Waals surface area contributed by atoms with E-state index in [2.05, 4.69) is 23.3 Å². The van der Waals surface area contributed by atoms with Crippen molar-refractivity contribution in [2.24, 2.45) is 0 Å². The molecule has 0 radical (unpaired) electrons. The number of methoxy groups -OCH3 is 1. The average Bonchev–Trinajstić information content (AvgIpc) is 2.46. The Labute approximate surface area is 108 Å². The van der Waals surface area contributed by atoms with Crippen LogP contribution in [0.4, 0.5) is 0 Å². The van der Waals surface area contributed by atoms with Gasteiger partial charge in [-0.1, -0.05) is 12.1 Å². The molecule has 0 fully saturated rings. The SMILES string of the molecule is CNC(C)c1cncc(-c2ccc(OC)cc2)c1. The first-order valence-electron chi connectivity index (χ1n) is 6.01. The highest BCUT2D eigenvalue weighted by atomic mass is 16.5. The number of benzene rings is 1. The predicted octanol–water partition coefficient (Wildman–Crippen LogP) is 3.04. The molecule has 0 saturated carbocycles. The fraction of sp³-hybridized carbons (Fsp3) is 0.267. The second-order valence-corrected chi connectivity index (χ2v) is 4.25. The van der Waals surface area contributed by atoms with Crippen molar-refractivity contribution in [3.8, 4) is 16.9 Å². The lowest BCUT2D eigenvalue weighted by atomic mass is 10.0. The van der Waals surface area contributed by atoms with E-state index >= 15 is 0 Å². The number of aromatic nitrogens is 1. The van der Waals surface area contributed by atoms with Crippen molar-refractivity contribution >= 4 is 0 Å². The number of hydrogen-bond donors (Lipinski definition) is 1. The fourth-order valence-corrected chi connectivity index (χ4v) is 1.80. The normalized spacial score (nSPS) is 12.2. The van der Waals surface area contributed by atoms with Gasteiger partial charge >= 0.3 is 0 Å². The van der Waals surface area contributed by atoms with Gasteiger partial charge in [-0.2, -0.15) is 0 Å². The molecule has 1 aromatic carbocycles. The topological polar surface area (TPSA) is 34.2 Å². The number of rotatable bonds is 4. The highest BCUT2D eigenvalue weighted by Crippen LogP contribution is 2.24. The molecule has 0 bridgehead atoms. The lowest BCUT2D eigenvalue weighted by molar-refractivity contribution is 0.415. The molecular weight excluding hydrogens is 224 g/mol. The van der Waals surface area contributed by atoms with E-state index in [-0.39, 0.29) is 0 Å². The van der Waals surface area contributed by atoms with Crippen LogP contribution in [-0.4, -0.2) is 19.1 Å². The Bertz CT molecular complexity index is 508. The summed E-state index contributed by atoms with van der Waals surface area (Å²) in [4.78, 5) is 4.30. The van der Waals surface area contributed by atoms with E-state index in [1.54, 1.807) is 7.11 Å². The second-order valence-electron chi connectivity index (χ2n) is 4.25. The summed E-state index contributed by atoms with van der Waals surface area (Å²) in [5.41, 5.74) is 3.46. The average molecular weight is 242 g/mol. The van der Waals surface area contributed by atoms with Gasteiger partial charge in [0.05, 0.1) is 7.11 Å². The van der Waals surface area contributed by atoms with Crippen LogP contribution in [0.2, 0.25) is 0 Å². The standard InChI is InChI=1S/C15H18N2O/c1-11(16-2)13-8-14(10-17-9-13)12-4-6-15(18-3)7-5-12/h4-11,16H,1-3H3. The molecule has 2 aromatic rings. The number of nitrogens with one attached hydrogen (secondary N) is 1. The summed E-state index contributed by atoms with van der Waals surface area (Å²) in [5.74, 6) is 0.867. The van der Waals surface area contributed by atoms with Gasteiger partial charge in [0.1, 0.15) is 5.75 Å². The summed E-state index contributed by atoms with van der Waals surface area (Å²) in [6, 6.07) is 10.5. The number of hydrogen-bond acceptors (Lipinski definition) is 3. The van der Waals surface area contributed by atoms with E-state index in [1.165, 1.54) is 5.56 Å². The lowest BCUT2D eigenvalue weighted by Crippen LogP contribution is -2.12. The zero-order valence-electron chi connectivity index (χ0n) is 11.0. The Morgan fingerprint density at radius 3 is 2.44 bits per heavy atom. The molecule has 2 rings (SSSR count). The molecule has 3 nitrogen and oxygen atoms in total. The van der Waals surface area contributed by atoms with Gasteiger partial charge in [0.2, 0.25) is 0 Å². The number of nitrogens with zero attached hydrogens (tertiary/aromatic N) is 1. The Hall–Kier alpha value is -1.87. The third-order valence-electron chi connectivity index (χ3n) is 3.12. The van der Waals surface area contributed by atoms with Crippen molar-refractivity contribution in [1.82, 2.24) is 10.3 Å². The first-order valence-corrected chi connectivity index (χ1v) is 6.01. The van der Waals surface area contributed by atoms with Gasteiger partial charge in [-0.3, -0.25) is 4.98 Å². The first-order chi connectivity index (χ1) is 8.74. The quantitative estimate of drug-likeness (QED) is 0.894. The molecule has 18 heavy (non-hydrogen) atoms. The van der Waals surface area contributed by atoms with Crippen LogP contribution in [0.1, 0.15) is 18.5 Å². The molecule has 0 amide bonds. The molecule has 1 aromatic heterocycles. The molecule has 0 saturated heterocycles. The molecule has 0 spiro atoms. The number of ether oxygens (including phenoxy) is 1. The van der Waals surface area contributed by atoms with Crippen LogP contribution in [0.15, 0.2) is 42.7 Å². The van der Waals surface area contributed by atoms with Gasteiger partial charge in [-0.05, 0) is 43.3 Å². The van der Waals surface area contributed by atoms with E-state index in [0.29, 0.717) is 6.04 Å². The molecule has 1 unspecified atom stereocenters. The molecule has 0 aliphatic rings. The van der Waals surface area contributed by atoms with Crippen LogP contribution >= 0.6 is 0 Å². The highest BCUT2D eigenvalue weighted by Gasteiger charge is 2.05. The first kappa shape index (κ1) is 12.6. The summed E-state index contributed by atoms with van der Waals surface area (Å²) in [6.45, 7) is 2.12. The monoisotopic (exact) mass is 242 g/mol. The van der Waals surface area contributed by atoms with Crippen molar-refractivity contribution in [3.63, 3.8) is 0 Å². The molecule has 1 heterocycles. The van der Waals surface area contributed by atoms with E-state index < -0.39 is 0 Å². The van der Waals surface area contributed by atoms with Gasteiger partial charge < -0.3 is 10.1 Å². The summed E-state index contributed by atoms with van der Waals surface area (Å²) in [7, 11) is 3.62. The Morgan fingerprint density at radius 2 is 1.83 bits per heavy atom. The van der Waals surface area contributed by atoms with Crippen LogP contribution in [0, 0.1) is 0 Å². The maximum absolute atomic E-state index is 5.16. The third kappa shape index (κ3) is 2.68. The van der Waals surface area contributed by atoms with E-state index in [0.717, 1.165) is 16.9 Å². The van der Waals surface area contributed by atoms with Crippen LogP contribution in [0.25, 0.3) is 11.1 Å². The lowest BCUT2D eigenvalue weighted by Gasteiger charge is -2.11. The summed E-state index contributed by atoms with van der Waals surface area (Å²) >= 11 is 0. The van der Waals surface area contributed by atoms with Gasteiger partial charge in [0, 0.05) is 24.0 Å². The zero-order valence-corrected chi connectivity index (χ0v) is 11.0. The van der Waals surface area contributed by atoms with E-state index in [9.17, 15) is 0 Å². The Morgan fingerprint density at radius 1 is 1.11 bits per heavy atom. The van der Waals surface area contributed by atoms with Crippen molar-refractivity contribution in [2.75, 3.05) is 14.2 Å². The highest BCUT2D eigenvalue weighted by molar-refractivity contribution is 5.64. The minimum absolute atomic E-state index is 0.302. The van der Waals surface area contributed by atoms with Gasteiger partial charge in [-0.15, -0.1) is 0 Å². The van der Waals surface area contributed by atoms with Crippen molar-refractivity contribution in [3.05, 3.63) is 48.3 Å². The molecule has 94 valence electrons. The summed E-state index contributed by atoms with van der Waals surface area (Å²) in [5, 5.41) is 3.22. The van der Waals surface area contributed by atoms with Gasteiger partial charge in [0.25, 0.3) is 0 Å². The zero-order chi connectivity index (χ0) is 13.0. The molecule has 0 aliphatic carbocycles. The Balaban J connectivity index is 2.32. The maximum Gasteiger partial charge on any atom is 0.118 e. The second kappa shape index (κ2) is 5.65. The van der Waals surface area contributed by atoms with Gasteiger partial charge in [-0.25, -0.2) is 0 Å². The van der Waals surface area contributed by atoms with Crippen molar-refractivity contribution < 1.29 is 4.74 Å². The molecule has 0 aliphatic heterocycles. The smallest absolute Gasteiger partial charge is 0.118 e. The number of pyridine rings is 1. The van der Waals surface area contributed by atoms with Crippen molar-refractivity contribution in [1.29, 1.82) is 0 Å². The van der Waals surface area contributed by atoms with Gasteiger partial charge in [0.15, 0.2) is 0 Å².